The molecule has 2 rings (SSSR count). The van der Waals surface area contributed by atoms with Gasteiger partial charge in [-0.25, -0.2) is 0 Å². The molecule has 0 N–H and O–H groups in total. The average molecular weight is 180 g/mol. The molecule has 13 heavy (non-hydrogen) atoms. The zero-order valence-corrected chi connectivity index (χ0v) is 8.07. The van der Waals surface area contributed by atoms with Gasteiger partial charge in [0.25, 0.3) is 0 Å². The molecular formula is C10H16N2O. The standard InChI is InChI=1S/C10H16N2O/c1-8-2-4-10(5-3-8)13-12-7-9(12)6-11/h8-10H,2-5,7H2,1H3. The average Bonchev–Trinajstić information content (AvgIpc) is 2.88. The molecule has 1 aliphatic carbocycles. The molecule has 1 saturated carbocycles. The van der Waals surface area contributed by atoms with Gasteiger partial charge in [-0.1, -0.05) is 6.92 Å². The Balaban J connectivity index is 1.69. The van der Waals surface area contributed by atoms with E-state index in [-0.39, 0.29) is 6.04 Å². The molecule has 3 nitrogen and oxygen atoms in total. The van der Waals surface area contributed by atoms with Crippen LogP contribution in [0.25, 0.3) is 0 Å². The lowest BCUT2D eigenvalue weighted by molar-refractivity contribution is -0.136. The Hall–Kier alpha value is -0.590. The van der Waals surface area contributed by atoms with Gasteiger partial charge in [-0.2, -0.15) is 10.3 Å². The quantitative estimate of drug-likeness (QED) is 0.607. The van der Waals surface area contributed by atoms with Gasteiger partial charge < -0.3 is 0 Å². The highest BCUT2D eigenvalue weighted by atomic mass is 16.7. The summed E-state index contributed by atoms with van der Waals surface area (Å²) in [6, 6.07) is 2.23. The minimum Gasteiger partial charge on any atom is -0.294 e. The topological polar surface area (TPSA) is 36.0 Å². The van der Waals surface area contributed by atoms with E-state index < -0.39 is 0 Å². The lowest BCUT2D eigenvalue weighted by atomic mass is 9.89. The van der Waals surface area contributed by atoms with Crippen LogP contribution >= 0.6 is 0 Å². The van der Waals surface area contributed by atoms with E-state index in [1.54, 1.807) is 5.06 Å². The molecule has 0 amide bonds. The second-order valence-electron chi connectivity index (χ2n) is 4.23. The van der Waals surface area contributed by atoms with Crippen molar-refractivity contribution >= 4 is 0 Å². The second kappa shape index (κ2) is 3.65. The summed E-state index contributed by atoms with van der Waals surface area (Å²) < 4.78 is 0. The van der Waals surface area contributed by atoms with Crippen molar-refractivity contribution in [2.75, 3.05) is 6.54 Å². The van der Waals surface area contributed by atoms with Crippen LogP contribution in [0.1, 0.15) is 32.6 Å². The highest BCUT2D eigenvalue weighted by molar-refractivity contribution is 5.02. The summed E-state index contributed by atoms with van der Waals surface area (Å²) in [5, 5.41) is 10.4. The maximum atomic E-state index is 8.58. The van der Waals surface area contributed by atoms with E-state index in [1.807, 2.05) is 0 Å². The Kier molecular flexibility index (Phi) is 2.52. The van der Waals surface area contributed by atoms with E-state index in [4.69, 9.17) is 10.1 Å². The lowest BCUT2D eigenvalue weighted by Gasteiger charge is -2.25. The molecule has 1 aliphatic heterocycles. The molecule has 2 atom stereocenters. The number of hydroxylamine groups is 2. The molecule has 2 fully saturated rings. The molecule has 1 heterocycles. The van der Waals surface area contributed by atoms with E-state index in [9.17, 15) is 0 Å². The van der Waals surface area contributed by atoms with Crippen molar-refractivity contribution in [3.05, 3.63) is 0 Å². The zero-order valence-electron chi connectivity index (χ0n) is 8.07. The Morgan fingerprint density at radius 1 is 1.31 bits per heavy atom. The first-order valence-corrected chi connectivity index (χ1v) is 5.12. The van der Waals surface area contributed by atoms with Gasteiger partial charge in [-0.3, -0.25) is 4.84 Å². The molecule has 0 aromatic rings. The summed E-state index contributed by atoms with van der Waals surface area (Å²) in [6.07, 6.45) is 5.26. The zero-order chi connectivity index (χ0) is 9.26. The van der Waals surface area contributed by atoms with Crippen molar-refractivity contribution in [1.82, 2.24) is 5.06 Å². The molecule has 2 unspecified atom stereocenters. The normalized spacial score (nSPS) is 44.0. The Morgan fingerprint density at radius 3 is 2.54 bits per heavy atom. The van der Waals surface area contributed by atoms with Crippen LogP contribution in [0.15, 0.2) is 0 Å². The summed E-state index contributed by atoms with van der Waals surface area (Å²) in [4.78, 5) is 5.66. The first kappa shape index (κ1) is 8.98. The number of rotatable bonds is 2. The smallest absolute Gasteiger partial charge is 0.137 e. The van der Waals surface area contributed by atoms with Gasteiger partial charge in [-0.05, 0) is 31.6 Å². The van der Waals surface area contributed by atoms with E-state index >= 15 is 0 Å². The Labute approximate surface area is 79.2 Å². The molecule has 0 aromatic carbocycles. The van der Waals surface area contributed by atoms with Gasteiger partial charge in [0, 0.05) is 0 Å². The molecule has 2 aliphatic rings. The van der Waals surface area contributed by atoms with Gasteiger partial charge in [0.05, 0.1) is 18.7 Å². The summed E-state index contributed by atoms with van der Waals surface area (Å²) in [7, 11) is 0. The largest absolute Gasteiger partial charge is 0.294 e. The predicted octanol–water partition coefficient (Wildman–Crippen LogP) is 1.70. The van der Waals surface area contributed by atoms with Crippen LogP contribution in [-0.2, 0) is 4.84 Å². The number of nitriles is 1. The lowest BCUT2D eigenvalue weighted by Crippen LogP contribution is -2.23. The van der Waals surface area contributed by atoms with E-state index in [1.165, 1.54) is 12.8 Å². The molecule has 0 spiro atoms. The fourth-order valence-corrected chi connectivity index (χ4v) is 1.87. The Morgan fingerprint density at radius 2 is 2.00 bits per heavy atom. The van der Waals surface area contributed by atoms with E-state index in [0.29, 0.717) is 6.10 Å². The minimum absolute atomic E-state index is 0.0411. The minimum atomic E-state index is 0.0411. The third kappa shape index (κ3) is 2.20. The fourth-order valence-electron chi connectivity index (χ4n) is 1.87. The summed E-state index contributed by atoms with van der Waals surface area (Å²) >= 11 is 0. The van der Waals surface area contributed by atoms with Crippen molar-refractivity contribution in [3.8, 4) is 6.07 Å². The van der Waals surface area contributed by atoms with Crippen LogP contribution in [-0.4, -0.2) is 23.8 Å². The molecule has 0 bridgehead atoms. The van der Waals surface area contributed by atoms with Gasteiger partial charge in [0.2, 0.25) is 0 Å². The molecule has 72 valence electrons. The summed E-state index contributed by atoms with van der Waals surface area (Å²) in [6.45, 7) is 3.11. The van der Waals surface area contributed by atoms with Gasteiger partial charge in [0.1, 0.15) is 6.04 Å². The van der Waals surface area contributed by atoms with Gasteiger partial charge in [0.15, 0.2) is 0 Å². The van der Waals surface area contributed by atoms with Crippen molar-refractivity contribution in [2.45, 2.75) is 44.8 Å². The number of hydrogen-bond donors (Lipinski definition) is 0. The van der Waals surface area contributed by atoms with Crippen LogP contribution in [0.2, 0.25) is 0 Å². The third-order valence-corrected chi connectivity index (χ3v) is 2.96. The van der Waals surface area contributed by atoms with Crippen LogP contribution in [0, 0.1) is 17.2 Å². The fraction of sp³-hybridized carbons (Fsp3) is 0.900. The summed E-state index contributed by atoms with van der Waals surface area (Å²) in [5.74, 6) is 0.862. The number of nitrogens with zero attached hydrogens (tertiary/aromatic N) is 2. The molecule has 0 aromatic heterocycles. The van der Waals surface area contributed by atoms with Crippen LogP contribution in [0.5, 0.6) is 0 Å². The SMILES string of the molecule is CC1CCC(ON2CC2C#N)CC1. The van der Waals surface area contributed by atoms with Crippen molar-refractivity contribution in [1.29, 1.82) is 5.26 Å². The molecule has 0 radical (unpaired) electrons. The van der Waals surface area contributed by atoms with Gasteiger partial charge in [-0.15, -0.1) is 0 Å². The first-order chi connectivity index (χ1) is 6.29. The van der Waals surface area contributed by atoms with Crippen molar-refractivity contribution < 1.29 is 4.84 Å². The van der Waals surface area contributed by atoms with Crippen LogP contribution in [0.4, 0.5) is 0 Å². The number of hydrogen-bond acceptors (Lipinski definition) is 3. The highest BCUT2D eigenvalue weighted by Crippen LogP contribution is 2.29. The maximum Gasteiger partial charge on any atom is 0.137 e. The second-order valence-corrected chi connectivity index (χ2v) is 4.23. The maximum absolute atomic E-state index is 8.58. The van der Waals surface area contributed by atoms with Crippen LogP contribution in [0.3, 0.4) is 0 Å². The summed E-state index contributed by atoms with van der Waals surface area (Å²) in [5.41, 5.74) is 0. The van der Waals surface area contributed by atoms with Crippen LogP contribution < -0.4 is 0 Å². The molecular weight excluding hydrogens is 164 g/mol. The van der Waals surface area contributed by atoms with E-state index in [0.717, 1.165) is 25.3 Å². The van der Waals surface area contributed by atoms with Crippen molar-refractivity contribution in [2.24, 2.45) is 5.92 Å². The third-order valence-electron chi connectivity index (χ3n) is 2.96. The first-order valence-electron chi connectivity index (χ1n) is 5.12. The monoisotopic (exact) mass is 180 g/mol. The van der Waals surface area contributed by atoms with Crippen molar-refractivity contribution in [3.63, 3.8) is 0 Å². The van der Waals surface area contributed by atoms with E-state index in [2.05, 4.69) is 13.0 Å². The molecule has 3 heteroatoms. The molecule has 1 saturated heterocycles. The van der Waals surface area contributed by atoms with Gasteiger partial charge >= 0.3 is 0 Å². The highest BCUT2D eigenvalue weighted by Gasteiger charge is 2.37. The predicted molar refractivity (Wildman–Crippen MR) is 48.6 cm³/mol. The Bertz CT molecular complexity index is 215.